The van der Waals surface area contributed by atoms with E-state index in [4.69, 9.17) is 5.73 Å². The Balaban J connectivity index is 0.000000156. The molecule has 0 saturated heterocycles. The molecular formula is C22H24N4O. The van der Waals surface area contributed by atoms with Crippen LogP contribution in [0.4, 0.5) is 5.82 Å². The van der Waals surface area contributed by atoms with Crippen molar-refractivity contribution in [2.45, 2.75) is 20.0 Å². The summed E-state index contributed by atoms with van der Waals surface area (Å²) in [6.45, 7) is 3.94. The molecule has 2 aromatic carbocycles. The molecule has 0 aliphatic rings. The monoisotopic (exact) mass is 360 g/mol. The van der Waals surface area contributed by atoms with Crippen molar-refractivity contribution in [2.24, 2.45) is 0 Å². The van der Waals surface area contributed by atoms with E-state index < -0.39 is 0 Å². The van der Waals surface area contributed by atoms with Crippen molar-refractivity contribution in [3.8, 4) is 0 Å². The average molecular weight is 360 g/mol. The molecule has 0 atom stereocenters. The van der Waals surface area contributed by atoms with Gasteiger partial charge >= 0.3 is 0 Å². The van der Waals surface area contributed by atoms with Crippen LogP contribution in [0.5, 0.6) is 0 Å². The molecule has 2 aromatic heterocycles. The van der Waals surface area contributed by atoms with E-state index in [1.807, 2.05) is 43.6 Å². The Morgan fingerprint density at radius 1 is 1.07 bits per heavy atom. The first-order valence-corrected chi connectivity index (χ1v) is 8.97. The number of aromatic nitrogens is 2. The van der Waals surface area contributed by atoms with Gasteiger partial charge in [-0.15, -0.1) is 0 Å². The summed E-state index contributed by atoms with van der Waals surface area (Å²) in [5.41, 5.74) is 8.80. The summed E-state index contributed by atoms with van der Waals surface area (Å²) < 4.78 is 2.16. The molecule has 3 N–H and O–H groups in total. The average Bonchev–Trinajstić information content (AvgIpc) is 3.10. The molecule has 5 nitrogen and oxygen atoms in total. The molecule has 0 spiro atoms. The first kappa shape index (κ1) is 18.6. The number of fused-ring (bicyclic) bond motifs is 2. The van der Waals surface area contributed by atoms with E-state index >= 15 is 0 Å². The molecule has 0 bridgehead atoms. The Hall–Kier alpha value is -3.18. The summed E-state index contributed by atoms with van der Waals surface area (Å²) in [4.78, 5) is 14.6. The van der Waals surface area contributed by atoms with E-state index in [2.05, 4.69) is 40.0 Å². The minimum atomic E-state index is 0.569. The van der Waals surface area contributed by atoms with Crippen molar-refractivity contribution < 1.29 is 4.79 Å². The number of carbonyl (C=O) groups excluding carboxylic acids is 1. The quantitative estimate of drug-likeness (QED) is 0.539. The van der Waals surface area contributed by atoms with Crippen LogP contribution >= 0.6 is 0 Å². The zero-order valence-corrected chi connectivity index (χ0v) is 15.6. The minimum absolute atomic E-state index is 0.569. The number of rotatable bonds is 4. The minimum Gasteiger partial charge on any atom is -0.384 e. The predicted molar refractivity (Wildman–Crippen MR) is 112 cm³/mol. The zero-order chi connectivity index (χ0) is 19.2. The lowest BCUT2D eigenvalue weighted by Crippen LogP contribution is -2.04. The van der Waals surface area contributed by atoms with Gasteiger partial charge in [0.2, 0.25) is 0 Å². The van der Waals surface area contributed by atoms with Gasteiger partial charge in [-0.25, -0.2) is 4.98 Å². The summed E-state index contributed by atoms with van der Waals surface area (Å²) in [5, 5.41) is 6.52. The highest BCUT2D eigenvalue weighted by molar-refractivity contribution is 5.87. The van der Waals surface area contributed by atoms with E-state index in [0.29, 0.717) is 5.82 Å². The number of aryl methyl sites for hydroxylation is 1. The Bertz CT molecular complexity index is 1070. The van der Waals surface area contributed by atoms with Crippen LogP contribution in [0.1, 0.15) is 22.8 Å². The Kier molecular flexibility index (Phi) is 5.84. The highest BCUT2D eigenvalue weighted by Gasteiger charge is 1.99. The van der Waals surface area contributed by atoms with Crippen LogP contribution in [0.2, 0.25) is 0 Å². The summed E-state index contributed by atoms with van der Waals surface area (Å²) in [7, 11) is 1.94. The number of hydrogen-bond acceptors (Lipinski definition) is 4. The van der Waals surface area contributed by atoms with Crippen LogP contribution < -0.4 is 11.1 Å². The van der Waals surface area contributed by atoms with Crippen LogP contribution in [0.15, 0.2) is 60.9 Å². The molecule has 4 aromatic rings. The highest BCUT2D eigenvalue weighted by atomic mass is 16.1. The summed E-state index contributed by atoms with van der Waals surface area (Å²) in [6.07, 6.45) is 4.72. The smallest absolute Gasteiger partial charge is 0.150 e. The molecule has 27 heavy (non-hydrogen) atoms. The number of pyridine rings is 1. The third-order valence-electron chi connectivity index (χ3n) is 4.46. The van der Waals surface area contributed by atoms with Crippen LogP contribution in [0.3, 0.4) is 0 Å². The fourth-order valence-corrected chi connectivity index (χ4v) is 3.09. The first-order chi connectivity index (χ1) is 13.1. The topological polar surface area (TPSA) is 72.9 Å². The van der Waals surface area contributed by atoms with Gasteiger partial charge in [0.05, 0.1) is 0 Å². The second-order valence-corrected chi connectivity index (χ2v) is 6.36. The van der Waals surface area contributed by atoms with Gasteiger partial charge in [-0.3, -0.25) is 4.79 Å². The van der Waals surface area contributed by atoms with Crippen LogP contribution in [0, 0.1) is 0 Å². The highest BCUT2D eigenvalue weighted by Crippen LogP contribution is 2.17. The van der Waals surface area contributed by atoms with Crippen molar-refractivity contribution in [3.63, 3.8) is 0 Å². The number of nitrogen functional groups attached to an aromatic ring is 1. The SMILES string of the molecule is CCn1ccc2cc(C=O)ccc21.CNCc1ccc2cnc(N)cc2c1. The number of benzene rings is 2. The lowest BCUT2D eigenvalue weighted by atomic mass is 10.1. The second kappa shape index (κ2) is 8.47. The van der Waals surface area contributed by atoms with Gasteiger partial charge in [-0.2, -0.15) is 0 Å². The maximum Gasteiger partial charge on any atom is 0.150 e. The van der Waals surface area contributed by atoms with Crippen LogP contribution in [-0.2, 0) is 13.1 Å². The van der Waals surface area contributed by atoms with Gasteiger partial charge in [0.15, 0.2) is 0 Å². The Labute approximate surface area is 158 Å². The molecule has 0 unspecified atom stereocenters. The number of aldehydes is 1. The summed E-state index contributed by atoms with van der Waals surface area (Å²) in [5.74, 6) is 0.569. The van der Waals surface area contributed by atoms with E-state index in [9.17, 15) is 4.79 Å². The predicted octanol–water partition coefficient (Wildman–Crippen LogP) is 4.01. The maximum atomic E-state index is 10.5. The van der Waals surface area contributed by atoms with Gasteiger partial charge < -0.3 is 15.6 Å². The molecule has 4 rings (SSSR count). The van der Waals surface area contributed by atoms with Crippen molar-refractivity contribution in [3.05, 3.63) is 72.1 Å². The van der Waals surface area contributed by atoms with E-state index in [0.717, 1.165) is 41.1 Å². The molecule has 0 radical (unpaired) electrons. The Morgan fingerprint density at radius 2 is 1.93 bits per heavy atom. The lowest BCUT2D eigenvalue weighted by molar-refractivity contribution is 0.112. The molecule has 0 saturated carbocycles. The fraction of sp³-hybridized carbons (Fsp3) is 0.182. The van der Waals surface area contributed by atoms with E-state index in [1.165, 1.54) is 11.1 Å². The third kappa shape index (κ3) is 4.33. The molecule has 0 fully saturated rings. The zero-order valence-electron chi connectivity index (χ0n) is 15.6. The molecule has 0 aliphatic heterocycles. The largest absolute Gasteiger partial charge is 0.384 e. The van der Waals surface area contributed by atoms with Crippen molar-refractivity contribution in [2.75, 3.05) is 12.8 Å². The molecule has 0 aliphatic carbocycles. The number of nitrogens with zero attached hydrogens (tertiary/aromatic N) is 2. The maximum absolute atomic E-state index is 10.5. The van der Waals surface area contributed by atoms with Gasteiger partial charge in [-0.1, -0.05) is 12.1 Å². The molecule has 138 valence electrons. The number of anilines is 1. The Morgan fingerprint density at radius 3 is 2.67 bits per heavy atom. The third-order valence-corrected chi connectivity index (χ3v) is 4.46. The summed E-state index contributed by atoms with van der Waals surface area (Å²) in [6, 6.07) is 16.0. The standard InChI is InChI=1S/C11H13N3.C11H11NO/c1-13-6-8-2-3-9-7-14-11(12)5-10(9)4-8;1-2-12-6-5-10-7-9(8-13)3-4-11(10)12/h2-5,7,13H,6H2,1H3,(H2,12,14);3-8H,2H2,1H3. The van der Waals surface area contributed by atoms with Gasteiger partial charge in [0, 0.05) is 47.3 Å². The van der Waals surface area contributed by atoms with Crippen molar-refractivity contribution >= 4 is 33.8 Å². The number of nitrogens with one attached hydrogen (secondary N) is 1. The number of carbonyl (C=O) groups is 1. The van der Waals surface area contributed by atoms with Crippen LogP contribution in [-0.4, -0.2) is 22.9 Å². The fourth-order valence-electron chi connectivity index (χ4n) is 3.09. The number of nitrogens with two attached hydrogens (primary N) is 1. The van der Waals surface area contributed by atoms with E-state index in [1.54, 1.807) is 6.20 Å². The lowest BCUT2D eigenvalue weighted by Gasteiger charge is -2.03. The molecule has 5 heteroatoms. The van der Waals surface area contributed by atoms with Crippen molar-refractivity contribution in [1.82, 2.24) is 14.9 Å². The molecule has 2 heterocycles. The van der Waals surface area contributed by atoms with Gasteiger partial charge in [-0.05, 0) is 61.3 Å². The van der Waals surface area contributed by atoms with Crippen LogP contribution in [0.25, 0.3) is 21.7 Å². The van der Waals surface area contributed by atoms with Gasteiger partial charge in [0.1, 0.15) is 12.1 Å². The van der Waals surface area contributed by atoms with Gasteiger partial charge in [0.25, 0.3) is 0 Å². The molecular weight excluding hydrogens is 336 g/mol. The van der Waals surface area contributed by atoms with Crippen molar-refractivity contribution in [1.29, 1.82) is 0 Å². The number of hydrogen-bond donors (Lipinski definition) is 2. The summed E-state index contributed by atoms with van der Waals surface area (Å²) >= 11 is 0. The normalized spacial score (nSPS) is 10.6. The van der Waals surface area contributed by atoms with E-state index in [-0.39, 0.29) is 0 Å². The molecule has 0 amide bonds. The first-order valence-electron chi connectivity index (χ1n) is 8.97. The second-order valence-electron chi connectivity index (χ2n) is 6.36.